The molecule has 1 N–H and O–H groups in total. The van der Waals surface area contributed by atoms with Crippen LogP contribution in [0.2, 0.25) is 15.1 Å². The van der Waals surface area contributed by atoms with Crippen LogP contribution < -0.4 is 5.32 Å². The molecule has 0 spiro atoms. The summed E-state index contributed by atoms with van der Waals surface area (Å²) in [5.41, 5.74) is 3.18. The van der Waals surface area contributed by atoms with Gasteiger partial charge in [0.2, 0.25) is 0 Å². The van der Waals surface area contributed by atoms with Crippen LogP contribution in [-0.2, 0) is 0 Å². The first-order chi connectivity index (χ1) is 13.4. The fourth-order valence-corrected chi connectivity index (χ4v) is 3.49. The number of halogens is 3. The maximum atomic E-state index is 12.5. The van der Waals surface area contributed by atoms with Gasteiger partial charge in [-0.1, -0.05) is 65.1 Å². The van der Waals surface area contributed by atoms with Crippen molar-refractivity contribution in [3.63, 3.8) is 0 Å². The van der Waals surface area contributed by atoms with Gasteiger partial charge in [-0.15, -0.1) is 0 Å². The quantitative estimate of drug-likeness (QED) is 0.492. The van der Waals surface area contributed by atoms with Gasteiger partial charge in [0.15, 0.2) is 0 Å². The number of carbonyl (C=O) groups is 1. The van der Waals surface area contributed by atoms with E-state index >= 15 is 0 Å². The molecule has 1 unspecified atom stereocenters. The molecular formula is C22H15Cl3N2O. The Morgan fingerprint density at radius 2 is 1.68 bits per heavy atom. The van der Waals surface area contributed by atoms with E-state index in [1.54, 1.807) is 54.6 Å². The number of nitrogens with one attached hydrogen (secondary N) is 1. The van der Waals surface area contributed by atoms with Crippen LogP contribution in [0.5, 0.6) is 0 Å². The lowest BCUT2D eigenvalue weighted by Crippen LogP contribution is -2.13. The molecule has 0 fully saturated rings. The summed E-state index contributed by atoms with van der Waals surface area (Å²) in [6.07, 6.45) is 0. The molecule has 0 heterocycles. The van der Waals surface area contributed by atoms with Crippen molar-refractivity contribution in [2.24, 2.45) is 0 Å². The predicted molar refractivity (Wildman–Crippen MR) is 115 cm³/mol. The summed E-state index contributed by atoms with van der Waals surface area (Å²) in [6, 6.07) is 19.6. The van der Waals surface area contributed by atoms with Crippen molar-refractivity contribution in [1.82, 2.24) is 0 Å². The molecule has 1 amide bonds. The summed E-state index contributed by atoms with van der Waals surface area (Å²) in [5.74, 6) is -0.871. The molecule has 0 aliphatic carbocycles. The van der Waals surface area contributed by atoms with E-state index in [0.717, 1.165) is 11.1 Å². The molecule has 1 atom stereocenters. The van der Waals surface area contributed by atoms with Crippen molar-refractivity contribution < 1.29 is 4.79 Å². The highest BCUT2D eigenvalue weighted by atomic mass is 35.5. The van der Waals surface area contributed by atoms with Crippen molar-refractivity contribution in [3.05, 3.63) is 98.0 Å². The average Bonchev–Trinajstić information content (AvgIpc) is 2.67. The molecule has 3 aromatic carbocycles. The second-order valence-electron chi connectivity index (χ2n) is 6.24. The van der Waals surface area contributed by atoms with E-state index in [1.807, 2.05) is 13.0 Å². The van der Waals surface area contributed by atoms with Gasteiger partial charge in [0, 0.05) is 15.7 Å². The average molecular weight is 430 g/mol. The number of amides is 1. The summed E-state index contributed by atoms with van der Waals surface area (Å²) in [6.45, 7) is 1.85. The maximum absolute atomic E-state index is 12.5. The lowest BCUT2D eigenvalue weighted by molar-refractivity contribution is 0.102. The van der Waals surface area contributed by atoms with Crippen LogP contribution in [0.1, 0.15) is 33.0 Å². The summed E-state index contributed by atoms with van der Waals surface area (Å²) in [5, 5.41) is 13.9. The van der Waals surface area contributed by atoms with E-state index in [4.69, 9.17) is 34.8 Å². The second-order valence-corrected chi connectivity index (χ2v) is 7.49. The summed E-state index contributed by atoms with van der Waals surface area (Å²) in [4.78, 5) is 12.5. The van der Waals surface area contributed by atoms with Gasteiger partial charge >= 0.3 is 0 Å². The summed E-state index contributed by atoms with van der Waals surface area (Å²) < 4.78 is 0. The third kappa shape index (κ3) is 4.31. The molecule has 0 aliphatic rings. The molecule has 0 saturated heterocycles. The standard InChI is InChI=1S/C22H15Cl3N2O/c1-13-10-17(18(12-26)14-6-8-15(23)9-7-14)20(25)11-21(13)27-22(28)16-4-2-3-5-19(16)24/h2-11,18H,1H3,(H,27,28). The molecule has 3 rings (SSSR count). The third-order valence-corrected chi connectivity index (χ3v) is 5.26. The Morgan fingerprint density at radius 1 is 1.00 bits per heavy atom. The third-order valence-electron chi connectivity index (χ3n) is 4.35. The van der Waals surface area contributed by atoms with E-state index in [1.165, 1.54) is 0 Å². The number of carbonyl (C=O) groups excluding carboxylic acids is 1. The van der Waals surface area contributed by atoms with Crippen molar-refractivity contribution in [3.8, 4) is 6.07 Å². The van der Waals surface area contributed by atoms with Crippen molar-refractivity contribution in [2.45, 2.75) is 12.8 Å². The van der Waals surface area contributed by atoms with Crippen LogP contribution in [0.3, 0.4) is 0 Å². The fraction of sp³-hybridized carbons (Fsp3) is 0.0909. The highest BCUT2D eigenvalue weighted by molar-refractivity contribution is 6.34. The van der Waals surface area contributed by atoms with Crippen molar-refractivity contribution in [2.75, 3.05) is 5.32 Å². The lowest BCUT2D eigenvalue weighted by Gasteiger charge is -2.16. The Bertz CT molecular complexity index is 1070. The minimum atomic E-state index is -0.545. The molecule has 140 valence electrons. The lowest BCUT2D eigenvalue weighted by atomic mass is 9.91. The first kappa shape index (κ1) is 20.2. The highest BCUT2D eigenvalue weighted by Crippen LogP contribution is 2.34. The molecule has 28 heavy (non-hydrogen) atoms. The van der Waals surface area contributed by atoms with Crippen LogP contribution in [0.25, 0.3) is 0 Å². The van der Waals surface area contributed by atoms with E-state index in [9.17, 15) is 10.1 Å². The number of hydrogen-bond donors (Lipinski definition) is 1. The number of rotatable bonds is 4. The van der Waals surface area contributed by atoms with E-state index in [-0.39, 0.29) is 5.91 Å². The number of nitrogens with zero attached hydrogens (tertiary/aromatic N) is 1. The number of anilines is 1. The predicted octanol–water partition coefficient (Wildman–Crippen LogP) is 6.86. The largest absolute Gasteiger partial charge is 0.322 e. The minimum Gasteiger partial charge on any atom is -0.322 e. The van der Waals surface area contributed by atoms with Gasteiger partial charge in [-0.25, -0.2) is 0 Å². The van der Waals surface area contributed by atoms with E-state index in [2.05, 4.69) is 11.4 Å². The number of nitriles is 1. The molecule has 0 radical (unpaired) electrons. The molecule has 3 aromatic rings. The molecular weight excluding hydrogens is 415 g/mol. The molecule has 3 nitrogen and oxygen atoms in total. The SMILES string of the molecule is Cc1cc(C(C#N)c2ccc(Cl)cc2)c(Cl)cc1NC(=O)c1ccccc1Cl. The number of benzene rings is 3. The highest BCUT2D eigenvalue weighted by Gasteiger charge is 2.19. The van der Waals surface area contributed by atoms with Crippen LogP contribution in [0.15, 0.2) is 60.7 Å². The number of aryl methyl sites for hydroxylation is 1. The van der Waals surface area contributed by atoms with Gasteiger partial charge in [0.1, 0.15) is 0 Å². The molecule has 6 heteroatoms. The van der Waals surface area contributed by atoms with Crippen LogP contribution in [-0.4, -0.2) is 5.91 Å². The van der Waals surface area contributed by atoms with Crippen molar-refractivity contribution >= 4 is 46.4 Å². The molecule has 0 aromatic heterocycles. The summed E-state index contributed by atoms with van der Waals surface area (Å²) >= 11 is 18.5. The number of hydrogen-bond acceptors (Lipinski definition) is 2. The van der Waals surface area contributed by atoms with Gasteiger partial charge in [-0.2, -0.15) is 5.26 Å². The molecule has 0 aliphatic heterocycles. The normalized spacial score (nSPS) is 11.5. The van der Waals surface area contributed by atoms with E-state index < -0.39 is 5.92 Å². The first-order valence-electron chi connectivity index (χ1n) is 8.41. The molecule has 0 saturated carbocycles. The Morgan fingerprint density at radius 3 is 2.32 bits per heavy atom. The molecule has 0 bridgehead atoms. The van der Waals surface area contributed by atoms with Crippen LogP contribution in [0.4, 0.5) is 5.69 Å². The summed E-state index contributed by atoms with van der Waals surface area (Å²) in [7, 11) is 0. The first-order valence-corrected chi connectivity index (χ1v) is 9.55. The Hall–Kier alpha value is -2.51. The Balaban J connectivity index is 1.92. The van der Waals surface area contributed by atoms with Gasteiger partial charge < -0.3 is 5.32 Å². The van der Waals surface area contributed by atoms with Gasteiger partial charge in [-0.05, 0) is 53.9 Å². The monoisotopic (exact) mass is 428 g/mol. The van der Waals surface area contributed by atoms with Gasteiger partial charge in [0.25, 0.3) is 5.91 Å². The Labute approximate surface area is 178 Å². The minimum absolute atomic E-state index is 0.327. The van der Waals surface area contributed by atoms with Crippen LogP contribution >= 0.6 is 34.8 Å². The maximum Gasteiger partial charge on any atom is 0.257 e. The Kier molecular flexibility index (Phi) is 6.26. The van der Waals surface area contributed by atoms with Gasteiger partial charge in [-0.3, -0.25) is 4.79 Å². The van der Waals surface area contributed by atoms with Gasteiger partial charge in [0.05, 0.1) is 22.6 Å². The zero-order chi connectivity index (χ0) is 20.3. The van der Waals surface area contributed by atoms with Crippen molar-refractivity contribution in [1.29, 1.82) is 5.26 Å². The van der Waals surface area contributed by atoms with E-state index in [0.29, 0.717) is 31.9 Å². The smallest absolute Gasteiger partial charge is 0.257 e. The fourth-order valence-electron chi connectivity index (χ4n) is 2.87. The van der Waals surface area contributed by atoms with Crippen LogP contribution in [0, 0.1) is 18.3 Å². The zero-order valence-electron chi connectivity index (χ0n) is 14.8. The zero-order valence-corrected chi connectivity index (χ0v) is 17.1. The topological polar surface area (TPSA) is 52.9 Å². The second kappa shape index (κ2) is 8.67.